The lowest BCUT2D eigenvalue weighted by molar-refractivity contribution is -0.126. The van der Waals surface area contributed by atoms with E-state index in [2.05, 4.69) is 29.0 Å². The lowest BCUT2D eigenvalue weighted by atomic mass is 9.95. The van der Waals surface area contributed by atoms with Crippen molar-refractivity contribution in [3.63, 3.8) is 0 Å². The van der Waals surface area contributed by atoms with E-state index in [0.29, 0.717) is 32.5 Å². The standard InChI is InChI=1S/C24H32N4O2/c1-3-27(4-2)18-19-7-9-22(10-8-19)24(30)28-14-11-21(12-15-28)23(29)26-17-20-6-5-13-25-16-20/h5-10,13,16,21H,3-4,11-12,14-15,17-18H2,1-2H3,(H,26,29). The van der Waals surface area contributed by atoms with Crippen molar-refractivity contribution in [2.24, 2.45) is 5.92 Å². The Kier molecular flexibility index (Phi) is 7.97. The summed E-state index contributed by atoms with van der Waals surface area (Å²) in [6.45, 7) is 8.97. The third kappa shape index (κ3) is 5.89. The van der Waals surface area contributed by atoms with Crippen molar-refractivity contribution >= 4 is 11.8 Å². The molecular weight excluding hydrogens is 376 g/mol. The Balaban J connectivity index is 1.47. The summed E-state index contributed by atoms with van der Waals surface area (Å²) in [6, 6.07) is 11.7. The monoisotopic (exact) mass is 408 g/mol. The molecule has 0 atom stereocenters. The van der Waals surface area contributed by atoms with Crippen molar-refractivity contribution in [2.45, 2.75) is 39.8 Å². The van der Waals surface area contributed by atoms with Gasteiger partial charge in [-0.1, -0.05) is 32.0 Å². The number of carbonyl (C=O) groups is 2. The molecule has 1 saturated heterocycles. The highest BCUT2D eigenvalue weighted by Crippen LogP contribution is 2.20. The van der Waals surface area contributed by atoms with Crippen LogP contribution >= 0.6 is 0 Å². The first kappa shape index (κ1) is 22.0. The van der Waals surface area contributed by atoms with E-state index in [1.54, 1.807) is 12.4 Å². The summed E-state index contributed by atoms with van der Waals surface area (Å²) < 4.78 is 0. The SMILES string of the molecule is CCN(CC)Cc1ccc(C(=O)N2CCC(C(=O)NCc3cccnc3)CC2)cc1. The first-order chi connectivity index (χ1) is 14.6. The van der Waals surface area contributed by atoms with Gasteiger partial charge in [-0.15, -0.1) is 0 Å². The molecule has 1 aliphatic rings. The minimum atomic E-state index is -0.0397. The first-order valence-electron chi connectivity index (χ1n) is 10.9. The van der Waals surface area contributed by atoms with Crippen LogP contribution in [0.4, 0.5) is 0 Å². The van der Waals surface area contributed by atoms with E-state index in [4.69, 9.17) is 0 Å². The van der Waals surface area contributed by atoms with E-state index in [-0.39, 0.29) is 17.7 Å². The number of hydrogen-bond donors (Lipinski definition) is 1. The summed E-state index contributed by atoms with van der Waals surface area (Å²) in [7, 11) is 0. The van der Waals surface area contributed by atoms with Crippen molar-refractivity contribution < 1.29 is 9.59 Å². The predicted octanol–water partition coefficient (Wildman–Crippen LogP) is 3.09. The van der Waals surface area contributed by atoms with Gasteiger partial charge in [0.05, 0.1) is 0 Å². The molecule has 2 heterocycles. The van der Waals surface area contributed by atoms with Crippen LogP contribution in [0.25, 0.3) is 0 Å². The summed E-state index contributed by atoms with van der Waals surface area (Å²) in [5, 5.41) is 2.99. The smallest absolute Gasteiger partial charge is 0.253 e. The predicted molar refractivity (Wildman–Crippen MR) is 118 cm³/mol. The Morgan fingerprint density at radius 2 is 1.77 bits per heavy atom. The fraction of sp³-hybridized carbons (Fsp3) is 0.458. The zero-order chi connectivity index (χ0) is 21.3. The number of hydrogen-bond acceptors (Lipinski definition) is 4. The van der Waals surface area contributed by atoms with Gasteiger partial charge in [0.25, 0.3) is 5.91 Å². The number of piperidine rings is 1. The Morgan fingerprint density at radius 1 is 1.07 bits per heavy atom. The van der Waals surface area contributed by atoms with Crippen molar-refractivity contribution in [2.75, 3.05) is 26.2 Å². The van der Waals surface area contributed by atoms with Crippen LogP contribution in [0.2, 0.25) is 0 Å². The third-order valence-corrected chi connectivity index (χ3v) is 5.84. The largest absolute Gasteiger partial charge is 0.352 e. The molecule has 2 amide bonds. The Hall–Kier alpha value is -2.73. The Labute approximate surface area is 179 Å². The van der Waals surface area contributed by atoms with Crippen LogP contribution in [-0.4, -0.2) is 52.8 Å². The zero-order valence-corrected chi connectivity index (χ0v) is 18.0. The summed E-state index contributed by atoms with van der Waals surface area (Å²) >= 11 is 0. The maximum atomic E-state index is 12.8. The fourth-order valence-corrected chi connectivity index (χ4v) is 3.82. The van der Waals surface area contributed by atoms with Crippen LogP contribution in [0.15, 0.2) is 48.8 Å². The van der Waals surface area contributed by atoms with Crippen molar-refractivity contribution in [1.82, 2.24) is 20.1 Å². The van der Waals surface area contributed by atoms with E-state index in [1.165, 1.54) is 5.56 Å². The third-order valence-electron chi connectivity index (χ3n) is 5.84. The van der Waals surface area contributed by atoms with Crippen molar-refractivity contribution in [3.05, 3.63) is 65.5 Å². The lowest BCUT2D eigenvalue weighted by Gasteiger charge is -2.31. The molecule has 1 aromatic carbocycles. The average Bonchev–Trinajstić information content (AvgIpc) is 2.81. The maximum absolute atomic E-state index is 12.8. The molecule has 6 nitrogen and oxygen atoms in total. The van der Waals surface area contributed by atoms with Gasteiger partial charge in [-0.25, -0.2) is 0 Å². The molecule has 0 radical (unpaired) electrons. The van der Waals surface area contributed by atoms with E-state index >= 15 is 0 Å². The van der Waals surface area contributed by atoms with Crippen LogP contribution in [-0.2, 0) is 17.9 Å². The molecule has 1 aromatic heterocycles. The lowest BCUT2D eigenvalue weighted by Crippen LogP contribution is -2.42. The number of carbonyl (C=O) groups excluding carboxylic acids is 2. The molecule has 160 valence electrons. The summed E-state index contributed by atoms with van der Waals surface area (Å²) in [4.78, 5) is 33.6. The van der Waals surface area contributed by atoms with E-state index in [0.717, 1.165) is 30.8 Å². The molecule has 1 N–H and O–H groups in total. The highest BCUT2D eigenvalue weighted by molar-refractivity contribution is 5.94. The van der Waals surface area contributed by atoms with Crippen LogP contribution in [0.3, 0.4) is 0 Å². The molecule has 1 aliphatic heterocycles. The number of likely N-dealkylation sites (tertiary alicyclic amines) is 1. The molecule has 6 heteroatoms. The highest BCUT2D eigenvalue weighted by atomic mass is 16.2. The number of amides is 2. The molecule has 0 bridgehead atoms. The zero-order valence-electron chi connectivity index (χ0n) is 18.0. The second-order valence-electron chi connectivity index (χ2n) is 7.80. The van der Waals surface area contributed by atoms with Crippen LogP contribution in [0.1, 0.15) is 48.2 Å². The number of nitrogens with one attached hydrogen (secondary N) is 1. The molecule has 3 rings (SSSR count). The molecule has 0 aliphatic carbocycles. The molecular formula is C24H32N4O2. The van der Waals surface area contributed by atoms with Gasteiger partial charge in [0.1, 0.15) is 0 Å². The molecule has 30 heavy (non-hydrogen) atoms. The molecule has 2 aromatic rings. The van der Waals surface area contributed by atoms with Gasteiger partial charge >= 0.3 is 0 Å². The number of nitrogens with zero attached hydrogens (tertiary/aromatic N) is 3. The fourth-order valence-electron chi connectivity index (χ4n) is 3.82. The van der Waals surface area contributed by atoms with Crippen molar-refractivity contribution in [1.29, 1.82) is 0 Å². The van der Waals surface area contributed by atoms with Gasteiger partial charge in [0.15, 0.2) is 0 Å². The minimum absolute atomic E-state index is 0.0397. The normalized spacial score (nSPS) is 14.7. The molecule has 0 spiro atoms. The summed E-state index contributed by atoms with van der Waals surface area (Å²) in [5.41, 5.74) is 2.93. The number of rotatable bonds is 8. The van der Waals surface area contributed by atoms with Gasteiger partial charge in [-0.05, 0) is 55.3 Å². The molecule has 0 saturated carbocycles. The Bertz CT molecular complexity index is 811. The van der Waals surface area contributed by atoms with Gasteiger partial charge in [0, 0.05) is 50.1 Å². The Morgan fingerprint density at radius 3 is 2.37 bits per heavy atom. The average molecular weight is 409 g/mol. The summed E-state index contributed by atoms with van der Waals surface area (Å²) in [6.07, 6.45) is 4.88. The second-order valence-corrected chi connectivity index (χ2v) is 7.80. The number of benzene rings is 1. The van der Waals surface area contributed by atoms with Crippen LogP contribution < -0.4 is 5.32 Å². The highest BCUT2D eigenvalue weighted by Gasteiger charge is 2.27. The van der Waals surface area contributed by atoms with Gasteiger partial charge in [-0.3, -0.25) is 19.5 Å². The topological polar surface area (TPSA) is 65.5 Å². The summed E-state index contributed by atoms with van der Waals surface area (Å²) in [5.74, 6) is 0.0764. The first-order valence-corrected chi connectivity index (χ1v) is 10.9. The van der Waals surface area contributed by atoms with E-state index in [1.807, 2.05) is 41.3 Å². The maximum Gasteiger partial charge on any atom is 0.253 e. The quantitative estimate of drug-likeness (QED) is 0.729. The minimum Gasteiger partial charge on any atom is -0.352 e. The van der Waals surface area contributed by atoms with E-state index < -0.39 is 0 Å². The van der Waals surface area contributed by atoms with Crippen LogP contribution in [0, 0.1) is 5.92 Å². The molecule has 0 unspecified atom stereocenters. The van der Waals surface area contributed by atoms with Crippen molar-refractivity contribution in [3.8, 4) is 0 Å². The van der Waals surface area contributed by atoms with Gasteiger partial charge in [0.2, 0.25) is 5.91 Å². The molecule has 1 fully saturated rings. The van der Waals surface area contributed by atoms with Crippen LogP contribution in [0.5, 0.6) is 0 Å². The number of aromatic nitrogens is 1. The van der Waals surface area contributed by atoms with E-state index in [9.17, 15) is 9.59 Å². The van der Waals surface area contributed by atoms with Gasteiger partial charge in [-0.2, -0.15) is 0 Å². The van der Waals surface area contributed by atoms with Gasteiger partial charge < -0.3 is 10.2 Å². The number of pyridine rings is 1. The second kappa shape index (κ2) is 10.9.